The predicted molar refractivity (Wildman–Crippen MR) is 71.7 cm³/mol. The van der Waals surface area contributed by atoms with Gasteiger partial charge >= 0.3 is 0 Å². The number of amides is 1. The summed E-state index contributed by atoms with van der Waals surface area (Å²) in [5.41, 5.74) is 1.74. The molecule has 18 heavy (non-hydrogen) atoms. The molecule has 0 aliphatic carbocycles. The highest BCUT2D eigenvalue weighted by Crippen LogP contribution is 2.18. The lowest BCUT2D eigenvalue weighted by atomic mass is 10.1. The third-order valence-corrected chi connectivity index (χ3v) is 3.56. The molecule has 1 atom stereocenters. The van der Waals surface area contributed by atoms with E-state index in [4.69, 9.17) is 0 Å². The van der Waals surface area contributed by atoms with E-state index in [-0.39, 0.29) is 11.9 Å². The summed E-state index contributed by atoms with van der Waals surface area (Å²) in [6, 6.07) is 8.15. The number of likely N-dealkylation sites (tertiary alicyclic amines) is 1. The number of carbonyl (C=O) groups excluding carboxylic acids is 1. The molecule has 1 fully saturated rings. The van der Waals surface area contributed by atoms with Crippen LogP contribution in [0.2, 0.25) is 0 Å². The van der Waals surface area contributed by atoms with Gasteiger partial charge < -0.3 is 15.2 Å². The van der Waals surface area contributed by atoms with Crippen LogP contribution in [0.5, 0.6) is 0 Å². The lowest BCUT2D eigenvalue weighted by molar-refractivity contribution is 0.0940. The smallest absolute Gasteiger partial charge is 0.253 e. The van der Waals surface area contributed by atoms with E-state index in [9.17, 15) is 4.79 Å². The first-order valence-corrected chi connectivity index (χ1v) is 6.29. The van der Waals surface area contributed by atoms with Gasteiger partial charge in [0.05, 0.1) is 5.56 Å². The Labute approximate surface area is 106 Å². The second-order valence-electron chi connectivity index (χ2n) is 4.97. The number of H-pyrrole nitrogens is 1. The normalized spacial score (nSPS) is 20.4. The van der Waals surface area contributed by atoms with Crippen molar-refractivity contribution in [3.05, 3.63) is 36.0 Å². The zero-order valence-electron chi connectivity index (χ0n) is 10.4. The SMILES string of the molecule is CN1CCC(NC(=O)c2c[nH]c3ccccc23)C1. The molecule has 0 saturated carbocycles. The van der Waals surface area contributed by atoms with Gasteiger partial charge in [0.2, 0.25) is 0 Å². The zero-order chi connectivity index (χ0) is 12.5. The first-order chi connectivity index (χ1) is 8.74. The van der Waals surface area contributed by atoms with Gasteiger partial charge in [-0.05, 0) is 26.1 Å². The maximum absolute atomic E-state index is 12.2. The van der Waals surface area contributed by atoms with Crippen molar-refractivity contribution in [1.82, 2.24) is 15.2 Å². The minimum absolute atomic E-state index is 0.0211. The maximum Gasteiger partial charge on any atom is 0.253 e. The fourth-order valence-corrected chi connectivity index (χ4v) is 2.58. The molecular weight excluding hydrogens is 226 g/mol. The Morgan fingerprint density at radius 3 is 3.06 bits per heavy atom. The molecule has 2 aromatic rings. The fourth-order valence-electron chi connectivity index (χ4n) is 2.58. The Balaban J connectivity index is 1.80. The van der Waals surface area contributed by atoms with Crippen LogP contribution >= 0.6 is 0 Å². The highest BCUT2D eigenvalue weighted by atomic mass is 16.1. The summed E-state index contributed by atoms with van der Waals surface area (Å²) in [6.45, 7) is 1.99. The predicted octanol–water partition coefficient (Wildman–Crippen LogP) is 1.60. The van der Waals surface area contributed by atoms with Crippen molar-refractivity contribution in [3.63, 3.8) is 0 Å². The highest BCUT2D eigenvalue weighted by molar-refractivity contribution is 6.06. The van der Waals surface area contributed by atoms with Crippen molar-refractivity contribution < 1.29 is 4.79 Å². The zero-order valence-corrected chi connectivity index (χ0v) is 10.4. The van der Waals surface area contributed by atoms with Crippen molar-refractivity contribution in [2.24, 2.45) is 0 Å². The van der Waals surface area contributed by atoms with Gasteiger partial charge in [0.25, 0.3) is 5.91 Å². The number of benzene rings is 1. The molecule has 1 aromatic carbocycles. The molecule has 1 saturated heterocycles. The third-order valence-electron chi connectivity index (χ3n) is 3.56. The molecule has 94 valence electrons. The summed E-state index contributed by atoms with van der Waals surface area (Å²) in [7, 11) is 2.08. The largest absolute Gasteiger partial charge is 0.360 e. The fraction of sp³-hybridized carbons (Fsp3) is 0.357. The van der Waals surface area contributed by atoms with Gasteiger partial charge in [-0.25, -0.2) is 0 Å². The number of fused-ring (bicyclic) bond motifs is 1. The van der Waals surface area contributed by atoms with Crippen LogP contribution in [0.3, 0.4) is 0 Å². The number of nitrogens with zero attached hydrogens (tertiary/aromatic N) is 1. The van der Waals surface area contributed by atoms with Crippen LogP contribution in [0.15, 0.2) is 30.5 Å². The summed E-state index contributed by atoms with van der Waals surface area (Å²) < 4.78 is 0. The number of rotatable bonds is 2. The number of hydrogen-bond acceptors (Lipinski definition) is 2. The first kappa shape index (κ1) is 11.3. The lowest BCUT2D eigenvalue weighted by Gasteiger charge is -2.12. The van der Waals surface area contributed by atoms with Gasteiger partial charge in [0.1, 0.15) is 0 Å². The molecule has 0 spiro atoms. The van der Waals surface area contributed by atoms with Gasteiger partial charge in [-0.2, -0.15) is 0 Å². The summed E-state index contributed by atoms with van der Waals surface area (Å²) in [4.78, 5) is 17.6. The van der Waals surface area contributed by atoms with E-state index >= 15 is 0 Å². The molecule has 2 heterocycles. The molecule has 1 aliphatic heterocycles. The van der Waals surface area contributed by atoms with Gasteiger partial charge in [-0.1, -0.05) is 18.2 Å². The molecule has 4 heteroatoms. The van der Waals surface area contributed by atoms with Crippen molar-refractivity contribution in [2.75, 3.05) is 20.1 Å². The quantitative estimate of drug-likeness (QED) is 0.841. The molecule has 1 aromatic heterocycles. The maximum atomic E-state index is 12.2. The van der Waals surface area contributed by atoms with Crippen LogP contribution in [-0.4, -0.2) is 42.0 Å². The summed E-state index contributed by atoms with van der Waals surface area (Å²) in [5, 5.41) is 4.09. The minimum atomic E-state index is 0.0211. The first-order valence-electron chi connectivity index (χ1n) is 6.29. The molecule has 1 amide bonds. The van der Waals surface area contributed by atoms with Crippen LogP contribution in [0.1, 0.15) is 16.8 Å². The number of hydrogen-bond donors (Lipinski definition) is 2. The van der Waals surface area contributed by atoms with E-state index in [1.807, 2.05) is 24.3 Å². The second-order valence-corrected chi connectivity index (χ2v) is 4.97. The summed E-state index contributed by atoms with van der Waals surface area (Å²) >= 11 is 0. The molecular formula is C14H17N3O. The minimum Gasteiger partial charge on any atom is -0.360 e. The summed E-state index contributed by atoms with van der Waals surface area (Å²) in [5.74, 6) is 0.0211. The number of carbonyl (C=O) groups is 1. The topological polar surface area (TPSA) is 48.1 Å². The molecule has 3 rings (SSSR count). The Kier molecular flexibility index (Phi) is 2.80. The lowest BCUT2D eigenvalue weighted by Crippen LogP contribution is -2.36. The Morgan fingerprint density at radius 1 is 1.44 bits per heavy atom. The van der Waals surface area contributed by atoms with Crippen molar-refractivity contribution in [2.45, 2.75) is 12.5 Å². The van der Waals surface area contributed by atoms with Crippen LogP contribution in [0.4, 0.5) is 0 Å². The monoisotopic (exact) mass is 243 g/mol. The standard InChI is InChI=1S/C14H17N3O/c1-17-7-6-10(9-17)16-14(18)12-8-15-13-5-3-2-4-11(12)13/h2-5,8,10,15H,6-7,9H2,1H3,(H,16,18). The third kappa shape index (κ3) is 1.99. The van der Waals surface area contributed by atoms with Crippen LogP contribution in [-0.2, 0) is 0 Å². The van der Waals surface area contributed by atoms with Crippen molar-refractivity contribution in [1.29, 1.82) is 0 Å². The van der Waals surface area contributed by atoms with E-state index in [1.165, 1.54) is 0 Å². The number of nitrogens with one attached hydrogen (secondary N) is 2. The van der Waals surface area contributed by atoms with Crippen LogP contribution in [0.25, 0.3) is 10.9 Å². The number of likely N-dealkylation sites (N-methyl/N-ethyl adjacent to an activating group) is 1. The van der Waals surface area contributed by atoms with E-state index in [1.54, 1.807) is 6.20 Å². The highest BCUT2D eigenvalue weighted by Gasteiger charge is 2.22. The van der Waals surface area contributed by atoms with Gasteiger partial charge in [-0.3, -0.25) is 4.79 Å². The Morgan fingerprint density at radius 2 is 2.28 bits per heavy atom. The molecule has 1 unspecified atom stereocenters. The molecule has 0 bridgehead atoms. The molecule has 0 radical (unpaired) electrons. The van der Waals surface area contributed by atoms with Crippen LogP contribution < -0.4 is 5.32 Å². The van der Waals surface area contributed by atoms with Crippen LogP contribution in [0, 0.1) is 0 Å². The van der Waals surface area contributed by atoms with Gasteiger partial charge in [0, 0.05) is 29.7 Å². The van der Waals surface area contributed by atoms with E-state index in [0.29, 0.717) is 0 Å². The van der Waals surface area contributed by atoms with Crippen molar-refractivity contribution in [3.8, 4) is 0 Å². The second kappa shape index (κ2) is 4.46. The van der Waals surface area contributed by atoms with E-state index in [2.05, 4.69) is 22.2 Å². The molecule has 1 aliphatic rings. The molecule has 2 N–H and O–H groups in total. The van der Waals surface area contributed by atoms with Gasteiger partial charge in [-0.15, -0.1) is 0 Å². The molecule has 4 nitrogen and oxygen atoms in total. The summed E-state index contributed by atoms with van der Waals surface area (Å²) in [6.07, 6.45) is 2.82. The van der Waals surface area contributed by atoms with E-state index in [0.717, 1.165) is 36.0 Å². The average molecular weight is 243 g/mol. The number of aromatic nitrogens is 1. The number of para-hydroxylation sites is 1. The number of aromatic amines is 1. The van der Waals surface area contributed by atoms with Gasteiger partial charge in [0.15, 0.2) is 0 Å². The van der Waals surface area contributed by atoms with E-state index < -0.39 is 0 Å². The van der Waals surface area contributed by atoms with Crippen molar-refractivity contribution >= 4 is 16.8 Å². The Bertz CT molecular complexity index is 575. The average Bonchev–Trinajstić information content (AvgIpc) is 2.95. The Hall–Kier alpha value is -1.81.